The first kappa shape index (κ1) is 21.7. The molecule has 1 amide bonds. The van der Waals surface area contributed by atoms with Crippen molar-refractivity contribution >= 4 is 11.9 Å². The zero-order valence-corrected chi connectivity index (χ0v) is 18.6. The lowest BCUT2D eigenvalue weighted by atomic mass is 9.52. The summed E-state index contributed by atoms with van der Waals surface area (Å²) in [5, 5.41) is 9.12. The van der Waals surface area contributed by atoms with Crippen molar-refractivity contribution in [3.8, 4) is 11.8 Å². The number of hydrogen-bond acceptors (Lipinski definition) is 5. The third-order valence-corrected chi connectivity index (χ3v) is 7.24. The van der Waals surface area contributed by atoms with E-state index in [0.717, 1.165) is 30.4 Å². The predicted octanol–water partition coefficient (Wildman–Crippen LogP) is 3.94. The number of amides is 1. The van der Waals surface area contributed by atoms with Crippen LogP contribution in [0.15, 0.2) is 18.2 Å². The van der Waals surface area contributed by atoms with Crippen LogP contribution in [0.4, 0.5) is 0 Å². The van der Waals surface area contributed by atoms with E-state index in [1.165, 1.54) is 19.3 Å². The largest absolute Gasteiger partial charge is 0.482 e. The van der Waals surface area contributed by atoms with Gasteiger partial charge in [-0.3, -0.25) is 4.79 Å². The van der Waals surface area contributed by atoms with Gasteiger partial charge in [0, 0.05) is 12.1 Å². The maximum absolute atomic E-state index is 13.1. The van der Waals surface area contributed by atoms with Gasteiger partial charge in [0.2, 0.25) is 0 Å². The van der Waals surface area contributed by atoms with Gasteiger partial charge >= 0.3 is 5.97 Å². The van der Waals surface area contributed by atoms with Gasteiger partial charge < -0.3 is 14.4 Å². The number of rotatable bonds is 8. The molecule has 31 heavy (non-hydrogen) atoms. The maximum Gasteiger partial charge on any atom is 0.344 e. The Labute approximate surface area is 184 Å². The highest BCUT2D eigenvalue weighted by molar-refractivity contribution is 5.81. The molecule has 5 rings (SSSR count). The third-order valence-electron chi connectivity index (χ3n) is 7.24. The van der Waals surface area contributed by atoms with Crippen LogP contribution in [-0.2, 0) is 14.3 Å². The molecule has 6 nitrogen and oxygen atoms in total. The Balaban J connectivity index is 1.35. The van der Waals surface area contributed by atoms with Crippen LogP contribution in [0.5, 0.6) is 5.75 Å². The topological polar surface area (TPSA) is 79.6 Å². The number of carbonyl (C=O) groups excluding carboxylic acids is 2. The van der Waals surface area contributed by atoms with Crippen LogP contribution in [0.25, 0.3) is 0 Å². The van der Waals surface area contributed by atoms with Crippen molar-refractivity contribution in [2.24, 2.45) is 17.8 Å². The van der Waals surface area contributed by atoms with Gasteiger partial charge in [-0.1, -0.05) is 6.07 Å². The fraction of sp³-hybridized carbons (Fsp3) is 0.640. The second-order valence-corrected chi connectivity index (χ2v) is 9.87. The normalized spacial score (nSPS) is 28.1. The van der Waals surface area contributed by atoms with E-state index in [-0.39, 0.29) is 24.7 Å². The average Bonchev–Trinajstić information content (AvgIpc) is 2.69. The van der Waals surface area contributed by atoms with E-state index in [2.05, 4.69) is 6.07 Å². The lowest BCUT2D eigenvalue weighted by molar-refractivity contribution is -0.163. The SMILES string of the molecule is Cc1cc(C)cc(OCC(=O)OCC(=O)N(CCC#N)C23CC4CC(CC(C4)C2)C3)c1. The predicted molar refractivity (Wildman–Crippen MR) is 115 cm³/mol. The Bertz CT molecular complexity index is 832. The minimum atomic E-state index is -0.557. The van der Waals surface area contributed by atoms with E-state index in [9.17, 15) is 9.59 Å². The number of nitriles is 1. The molecule has 0 aliphatic heterocycles. The van der Waals surface area contributed by atoms with Crippen molar-refractivity contribution in [2.75, 3.05) is 19.8 Å². The average molecular weight is 425 g/mol. The molecule has 0 atom stereocenters. The molecule has 0 heterocycles. The standard InChI is InChI=1S/C25H32N2O4/c1-17-6-18(2)8-22(7-17)30-16-24(29)31-15-23(28)27(5-3-4-26)25-12-19-9-20(13-25)11-21(10-19)14-25/h6-8,19-21H,3,5,9-16H2,1-2H3. The summed E-state index contributed by atoms with van der Waals surface area (Å²) in [5.41, 5.74) is 1.97. The highest BCUT2D eigenvalue weighted by Crippen LogP contribution is 2.57. The zero-order valence-electron chi connectivity index (χ0n) is 18.6. The fourth-order valence-corrected chi connectivity index (χ4v) is 6.60. The second-order valence-electron chi connectivity index (χ2n) is 9.87. The molecule has 0 saturated heterocycles. The van der Waals surface area contributed by atoms with Crippen LogP contribution in [0.2, 0.25) is 0 Å². The molecule has 4 bridgehead atoms. The Kier molecular flexibility index (Phi) is 6.22. The monoisotopic (exact) mass is 424 g/mol. The Morgan fingerprint density at radius 1 is 1.03 bits per heavy atom. The van der Waals surface area contributed by atoms with E-state index in [4.69, 9.17) is 14.7 Å². The van der Waals surface area contributed by atoms with Gasteiger partial charge in [0.1, 0.15) is 5.75 Å². The number of hydrogen-bond donors (Lipinski definition) is 0. The summed E-state index contributed by atoms with van der Waals surface area (Å²) in [5.74, 6) is 1.95. The smallest absolute Gasteiger partial charge is 0.344 e. The fourth-order valence-electron chi connectivity index (χ4n) is 6.60. The number of esters is 1. The molecule has 4 aliphatic rings. The second kappa shape index (κ2) is 8.90. The Morgan fingerprint density at radius 3 is 2.16 bits per heavy atom. The molecule has 0 radical (unpaired) electrons. The van der Waals surface area contributed by atoms with Crippen LogP contribution >= 0.6 is 0 Å². The third kappa shape index (κ3) is 4.87. The molecule has 166 valence electrons. The van der Waals surface area contributed by atoms with Crippen LogP contribution in [-0.4, -0.2) is 42.1 Å². The van der Waals surface area contributed by atoms with Crippen molar-refractivity contribution in [3.05, 3.63) is 29.3 Å². The molecule has 1 aromatic rings. The number of aryl methyl sites for hydroxylation is 2. The molecule has 4 aliphatic carbocycles. The summed E-state index contributed by atoms with van der Waals surface area (Å²) in [6.45, 7) is 3.83. The number of ether oxygens (including phenoxy) is 2. The quantitative estimate of drug-likeness (QED) is 0.591. The molecule has 0 N–H and O–H groups in total. The molecule has 0 aromatic heterocycles. The van der Waals surface area contributed by atoms with Gasteiger partial charge in [-0.15, -0.1) is 0 Å². The first-order valence-corrected chi connectivity index (χ1v) is 11.4. The molecule has 0 spiro atoms. The Hall–Kier alpha value is -2.55. The first-order valence-electron chi connectivity index (χ1n) is 11.4. The summed E-state index contributed by atoms with van der Waals surface area (Å²) >= 11 is 0. The van der Waals surface area contributed by atoms with E-state index in [1.54, 1.807) is 0 Å². The molecule has 0 unspecified atom stereocenters. The van der Waals surface area contributed by atoms with Crippen molar-refractivity contribution in [1.29, 1.82) is 5.26 Å². The summed E-state index contributed by atoms with van der Waals surface area (Å²) in [6, 6.07) is 7.93. The van der Waals surface area contributed by atoms with E-state index in [1.807, 2.05) is 36.9 Å². The van der Waals surface area contributed by atoms with Crippen molar-refractivity contribution in [2.45, 2.75) is 64.3 Å². The molecule has 4 saturated carbocycles. The van der Waals surface area contributed by atoms with Gasteiger partial charge in [-0.25, -0.2) is 4.79 Å². The van der Waals surface area contributed by atoms with Gasteiger partial charge in [-0.2, -0.15) is 5.26 Å². The van der Waals surface area contributed by atoms with E-state index >= 15 is 0 Å². The van der Waals surface area contributed by atoms with E-state index in [0.29, 0.717) is 36.5 Å². The van der Waals surface area contributed by atoms with Crippen LogP contribution in [0.1, 0.15) is 56.1 Å². The van der Waals surface area contributed by atoms with Crippen LogP contribution in [0.3, 0.4) is 0 Å². The van der Waals surface area contributed by atoms with Gasteiger partial charge in [-0.05, 0) is 93.4 Å². The van der Waals surface area contributed by atoms with Crippen molar-refractivity contribution in [3.63, 3.8) is 0 Å². The zero-order chi connectivity index (χ0) is 22.0. The van der Waals surface area contributed by atoms with Gasteiger partial charge in [0.25, 0.3) is 5.91 Å². The molecular formula is C25H32N2O4. The highest BCUT2D eigenvalue weighted by atomic mass is 16.6. The lowest BCUT2D eigenvalue weighted by Gasteiger charge is -2.60. The minimum Gasteiger partial charge on any atom is -0.482 e. The minimum absolute atomic E-state index is 0.148. The molecule has 1 aromatic carbocycles. The maximum atomic E-state index is 13.1. The van der Waals surface area contributed by atoms with Gasteiger partial charge in [0.15, 0.2) is 13.2 Å². The molecule has 4 fully saturated rings. The lowest BCUT2D eigenvalue weighted by Crippen LogP contribution is -2.62. The summed E-state index contributed by atoms with van der Waals surface area (Å²) < 4.78 is 10.8. The van der Waals surface area contributed by atoms with Crippen molar-refractivity contribution in [1.82, 2.24) is 4.90 Å². The molecular weight excluding hydrogens is 392 g/mol. The first-order chi connectivity index (χ1) is 14.9. The summed E-state index contributed by atoms with van der Waals surface area (Å²) in [6.07, 6.45) is 7.23. The summed E-state index contributed by atoms with van der Waals surface area (Å²) in [7, 11) is 0. The number of carbonyl (C=O) groups is 2. The Morgan fingerprint density at radius 2 is 1.61 bits per heavy atom. The number of benzene rings is 1. The molecule has 6 heteroatoms. The van der Waals surface area contributed by atoms with E-state index < -0.39 is 5.97 Å². The summed E-state index contributed by atoms with van der Waals surface area (Å²) in [4.78, 5) is 27.2. The van der Waals surface area contributed by atoms with Crippen LogP contribution < -0.4 is 4.74 Å². The number of nitrogens with zero attached hydrogens (tertiary/aromatic N) is 2. The van der Waals surface area contributed by atoms with Crippen LogP contribution in [0, 0.1) is 42.9 Å². The van der Waals surface area contributed by atoms with Gasteiger partial charge in [0.05, 0.1) is 12.5 Å². The highest BCUT2D eigenvalue weighted by Gasteiger charge is 2.54. The van der Waals surface area contributed by atoms with Crippen molar-refractivity contribution < 1.29 is 19.1 Å².